The van der Waals surface area contributed by atoms with Crippen LogP contribution in [0.1, 0.15) is 44.2 Å². The van der Waals surface area contributed by atoms with Crippen LogP contribution in [-0.2, 0) is 6.54 Å². The van der Waals surface area contributed by atoms with E-state index in [0.717, 1.165) is 24.7 Å². The van der Waals surface area contributed by atoms with Gasteiger partial charge in [-0.25, -0.2) is 0 Å². The van der Waals surface area contributed by atoms with E-state index in [0.29, 0.717) is 0 Å². The van der Waals surface area contributed by atoms with Crippen LogP contribution in [0, 0.1) is 5.92 Å². The number of aromatic nitrogens is 1. The number of nitrogens with zero attached hydrogens (tertiary/aromatic N) is 1. The zero-order valence-corrected chi connectivity index (χ0v) is 10.4. The molecule has 0 radical (unpaired) electrons. The summed E-state index contributed by atoms with van der Waals surface area (Å²) in [6, 6.07) is 3.54. The summed E-state index contributed by atoms with van der Waals surface area (Å²) in [5, 5.41) is 12.5. The molecule has 1 saturated carbocycles. The van der Waals surface area contributed by atoms with Crippen molar-refractivity contribution in [1.82, 2.24) is 10.3 Å². The van der Waals surface area contributed by atoms with Crippen LogP contribution in [0.4, 0.5) is 0 Å². The van der Waals surface area contributed by atoms with E-state index in [-0.39, 0.29) is 5.75 Å². The molecule has 1 aromatic rings. The molecule has 2 N–H and O–H groups in total. The predicted octanol–water partition coefficient (Wildman–Crippen LogP) is 2.85. The van der Waals surface area contributed by atoms with Gasteiger partial charge in [0.15, 0.2) is 0 Å². The summed E-state index contributed by atoms with van der Waals surface area (Å²) in [5.41, 5.74) is 0.990. The lowest BCUT2D eigenvalue weighted by Crippen LogP contribution is -2.16. The van der Waals surface area contributed by atoms with Gasteiger partial charge >= 0.3 is 0 Å². The Labute approximate surface area is 103 Å². The minimum atomic E-state index is 0.231. The first kappa shape index (κ1) is 12.4. The van der Waals surface area contributed by atoms with Crippen molar-refractivity contribution in [2.24, 2.45) is 5.92 Å². The highest BCUT2D eigenvalue weighted by atomic mass is 16.3. The van der Waals surface area contributed by atoms with Crippen molar-refractivity contribution in [3.8, 4) is 5.75 Å². The summed E-state index contributed by atoms with van der Waals surface area (Å²) in [4.78, 5) is 4.14. The van der Waals surface area contributed by atoms with E-state index in [4.69, 9.17) is 5.11 Å². The van der Waals surface area contributed by atoms with Gasteiger partial charge in [-0.3, -0.25) is 4.98 Å². The van der Waals surface area contributed by atoms with Crippen molar-refractivity contribution in [3.63, 3.8) is 0 Å². The fourth-order valence-corrected chi connectivity index (χ4v) is 2.55. The summed E-state index contributed by atoms with van der Waals surface area (Å²) in [6.45, 7) is 1.87. The monoisotopic (exact) mass is 234 g/mol. The van der Waals surface area contributed by atoms with Gasteiger partial charge in [0, 0.05) is 6.54 Å². The third-order valence-corrected chi connectivity index (χ3v) is 3.56. The van der Waals surface area contributed by atoms with Crippen LogP contribution in [0.3, 0.4) is 0 Å². The second-order valence-electron chi connectivity index (χ2n) is 4.98. The van der Waals surface area contributed by atoms with Crippen molar-refractivity contribution < 1.29 is 5.11 Å². The van der Waals surface area contributed by atoms with Gasteiger partial charge < -0.3 is 10.4 Å². The molecule has 94 valence electrons. The number of aromatic hydroxyl groups is 1. The Hall–Kier alpha value is -1.09. The van der Waals surface area contributed by atoms with E-state index >= 15 is 0 Å². The molecule has 1 heterocycles. The van der Waals surface area contributed by atoms with E-state index in [1.165, 1.54) is 44.7 Å². The van der Waals surface area contributed by atoms with Gasteiger partial charge in [0.2, 0.25) is 0 Å². The van der Waals surface area contributed by atoms with Gasteiger partial charge in [0.25, 0.3) is 0 Å². The summed E-state index contributed by atoms with van der Waals surface area (Å²) < 4.78 is 0. The molecule has 0 saturated heterocycles. The van der Waals surface area contributed by atoms with Gasteiger partial charge in [-0.2, -0.15) is 0 Å². The highest BCUT2D eigenvalue weighted by molar-refractivity contribution is 5.17. The number of nitrogens with one attached hydrogen (secondary N) is 1. The second kappa shape index (κ2) is 6.60. The molecule has 0 atom stereocenters. The van der Waals surface area contributed by atoms with Crippen molar-refractivity contribution in [3.05, 3.63) is 24.0 Å². The van der Waals surface area contributed by atoms with Crippen LogP contribution < -0.4 is 5.32 Å². The predicted molar refractivity (Wildman–Crippen MR) is 68.8 cm³/mol. The highest BCUT2D eigenvalue weighted by Crippen LogP contribution is 2.28. The lowest BCUT2D eigenvalue weighted by atomic mass is 10.0. The Morgan fingerprint density at radius 2 is 2.12 bits per heavy atom. The van der Waals surface area contributed by atoms with Crippen molar-refractivity contribution >= 4 is 0 Å². The van der Waals surface area contributed by atoms with E-state index in [1.807, 2.05) is 6.07 Å². The number of hydrogen-bond donors (Lipinski definition) is 2. The zero-order valence-electron chi connectivity index (χ0n) is 10.4. The van der Waals surface area contributed by atoms with Crippen molar-refractivity contribution in [2.75, 3.05) is 6.54 Å². The van der Waals surface area contributed by atoms with Gasteiger partial charge in [-0.15, -0.1) is 0 Å². The average molecular weight is 234 g/mol. The first-order chi connectivity index (χ1) is 8.34. The lowest BCUT2D eigenvalue weighted by Gasteiger charge is -2.09. The number of pyridine rings is 1. The molecule has 3 heteroatoms. The summed E-state index contributed by atoms with van der Waals surface area (Å²) in [5.74, 6) is 1.22. The van der Waals surface area contributed by atoms with Gasteiger partial charge in [0.05, 0.1) is 11.9 Å². The third-order valence-electron chi connectivity index (χ3n) is 3.56. The van der Waals surface area contributed by atoms with E-state index in [1.54, 1.807) is 6.07 Å². The minimum Gasteiger partial charge on any atom is -0.506 e. The SMILES string of the molecule is Oc1ccc(CNCCCC2CCCC2)nc1. The Morgan fingerprint density at radius 3 is 2.82 bits per heavy atom. The molecule has 2 rings (SSSR count). The highest BCUT2D eigenvalue weighted by Gasteiger charge is 2.13. The number of hydrogen-bond acceptors (Lipinski definition) is 3. The molecule has 1 aliphatic carbocycles. The Morgan fingerprint density at radius 1 is 1.29 bits per heavy atom. The van der Waals surface area contributed by atoms with Gasteiger partial charge in [0.1, 0.15) is 5.75 Å². The topological polar surface area (TPSA) is 45.1 Å². The largest absolute Gasteiger partial charge is 0.506 e. The van der Waals surface area contributed by atoms with Crippen LogP contribution in [0.5, 0.6) is 5.75 Å². The molecule has 1 aliphatic rings. The van der Waals surface area contributed by atoms with Crippen molar-refractivity contribution in [2.45, 2.75) is 45.1 Å². The quantitative estimate of drug-likeness (QED) is 0.744. The third kappa shape index (κ3) is 4.35. The number of rotatable bonds is 6. The molecular weight excluding hydrogens is 212 g/mol. The second-order valence-corrected chi connectivity index (χ2v) is 4.98. The first-order valence-corrected chi connectivity index (χ1v) is 6.69. The smallest absolute Gasteiger partial charge is 0.133 e. The summed E-state index contributed by atoms with van der Waals surface area (Å²) >= 11 is 0. The fraction of sp³-hybridized carbons (Fsp3) is 0.643. The molecular formula is C14H22N2O. The normalized spacial score (nSPS) is 16.5. The molecule has 0 spiro atoms. The Bertz CT molecular complexity index is 317. The summed E-state index contributed by atoms with van der Waals surface area (Å²) in [6.07, 6.45) is 9.90. The molecule has 0 amide bonds. The fourth-order valence-electron chi connectivity index (χ4n) is 2.55. The Kier molecular flexibility index (Phi) is 4.80. The minimum absolute atomic E-state index is 0.231. The van der Waals surface area contributed by atoms with Crippen LogP contribution in [0.2, 0.25) is 0 Å². The molecule has 17 heavy (non-hydrogen) atoms. The molecule has 1 aromatic heterocycles. The molecule has 3 nitrogen and oxygen atoms in total. The maximum Gasteiger partial charge on any atom is 0.133 e. The maximum atomic E-state index is 9.10. The van der Waals surface area contributed by atoms with Gasteiger partial charge in [-0.05, 0) is 37.4 Å². The maximum absolute atomic E-state index is 9.10. The van der Waals surface area contributed by atoms with Crippen LogP contribution in [0.25, 0.3) is 0 Å². The molecule has 0 bridgehead atoms. The summed E-state index contributed by atoms with van der Waals surface area (Å²) in [7, 11) is 0. The van der Waals surface area contributed by atoms with Crippen LogP contribution in [-0.4, -0.2) is 16.6 Å². The zero-order chi connectivity index (χ0) is 11.9. The Balaban J connectivity index is 1.55. The average Bonchev–Trinajstić information content (AvgIpc) is 2.84. The van der Waals surface area contributed by atoms with E-state index in [2.05, 4.69) is 10.3 Å². The molecule has 1 fully saturated rings. The molecule has 0 aliphatic heterocycles. The van der Waals surface area contributed by atoms with Crippen LogP contribution in [0.15, 0.2) is 18.3 Å². The standard InChI is InChI=1S/C14H22N2O/c17-14-8-7-13(16-11-14)10-15-9-3-6-12-4-1-2-5-12/h7-8,11-12,15,17H,1-6,9-10H2. The van der Waals surface area contributed by atoms with E-state index < -0.39 is 0 Å². The van der Waals surface area contributed by atoms with E-state index in [9.17, 15) is 0 Å². The molecule has 0 aromatic carbocycles. The lowest BCUT2D eigenvalue weighted by molar-refractivity contribution is 0.466. The van der Waals surface area contributed by atoms with Crippen LogP contribution >= 0.6 is 0 Å². The molecule has 0 unspecified atom stereocenters. The van der Waals surface area contributed by atoms with Gasteiger partial charge in [-0.1, -0.05) is 25.7 Å². The first-order valence-electron chi connectivity index (χ1n) is 6.69. The van der Waals surface area contributed by atoms with Crippen molar-refractivity contribution in [1.29, 1.82) is 0 Å².